The van der Waals surface area contributed by atoms with Gasteiger partial charge in [-0.3, -0.25) is 24.0 Å². The SMILES string of the molecule is C=C(CBr)C(=O)O.C=C1CC(c2ccc(COCO)cc2)OC1=O.C=C1CC(c2ccc(COCO)cc2)OC1=O.C=CC(=O)Cl.C=CC(=O)OCOCc1ccc(C2CC(=C)C(=O)O2)cc1.O=CO[O-].O=Cc1ccc(CO)cc1.O=Cc1ccc(COCO)cc1.O=Cc1ccc(COCO)cc1.OCBr.[H-].[K+].[K+]. The Morgan fingerprint density at radius 1 is 0.482 bits per heavy atom. The third kappa shape index (κ3) is 49.6. The van der Waals surface area contributed by atoms with Gasteiger partial charge in [0.25, 0.3) is 6.47 Å². The number of allylic oxidation sites excluding steroid dienone is 1. The van der Waals surface area contributed by atoms with Crippen molar-refractivity contribution < 1.29 is 241 Å². The molecular weight excluding hydrogens is 1650 g/mol. The number of esters is 4. The molecule has 7 N–H and O–H groups in total. The van der Waals surface area contributed by atoms with E-state index in [4.69, 9.17) is 100 Å². The second-order valence-electron chi connectivity index (χ2n) is 21.0. The molecule has 3 saturated heterocycles. The molecule has 6 aromatic carbocycles. The second-order valence-corrected chi connectivity index (χ2v) is 22.4. The molecule has 0 radical (unpaired) electrons. The van der Waals surface area contributed by atoms with E-state index in [0.29, 0.717) is 91.0 Å². The third-order valence-corrected chi connectivity index (χ3v) is 14.1. The second kappa shape index (κ2) is 67.9. The van der Waals surface area contributed by atoms with Gasteiger partial charge in [-0.25, -0.2) is 24.0 Å². The van der Waals surface area contributed by atoms with E-state index in [1.54, 1.807) is 72.8 Å². The number of aliphatic hydroxyl groups excluding tert-OH is 6. The first-order valence-electron chi connectivity index (χ1n) is 31.3. The molecule has 0 amide bonds. The molecule has 28 nitrogen and oxygen atoms in total. The fraction of sp³-hybridized carbons (Fsp3) is 0.247. The number of aldehydes is 3. The van der Waals surface area contributed by atoms with Crippen LogP contribution in [0.4, 0.5) is 0 Å². The maximum absolute atomic E-state index is 11.3. The summed E-state index contributed by atoms with van der Waals surface area (Å²) in [7, 11) is 0. The summed E-state index contributed by atoms with van der Waals surface area (Å²) in [5.41, 5.74) is 12.1. The van der Waals surface area contributed by atoms with Gasteiger partial charge in [-0.05, 0) is 67.7 Å². The van der Waals surface area contributed by atoms with Crippen LogP contribution >= 0.6 is 43.5 Å². The Kier molecular flexibility index (Phi) is 66.4. The number of carbonyl (C=O) groups is 10. The molecule has 0 spiro atoms. The average molecular weight is 1730 g/mol. The van der Waals surface area contributed by atoms with Gasteiger partial charge in [0.1, 0.15) is 64.3 Å². The van der Waals surface area contributed by atoms with Crippen LogP contribution in [0.2, 0.25) is 0 Å². The summed E-state index contributed by atoms with van der Waals surface area (Å²) in [6.07, 6.45) is 5.40. The van der Waals surface area contributed by atoms with Crippen LogP contribution in [-0.4, -0.2) is 141 Å². The maximum atomic E-state index is 11.3. The number of carbonyl (C=O) groups excluding carboxylic acids is 9. The molecule has 110 heavy (non-hydrogen) atoms. The first-order chi connectivity index (χ1) is 51.9. The number of hydrogen-bond donors (Lipinski definition) is 7. The van der Waals surface area contributed by atoms with Crippen molar-refractivity contribution in [3.05, 3.63) is 286 Å². The first kappa shape index (κ1) is 107. The smallest absolute Gasteiger partial charge is 1.00 e. The van der Waals surface area contributed by atoms with E-state index in [9.17, 15) is 43.2 Å². The van der Waals surface area contributed by atoms with E-state index in [1.807, 2.05) is 72.8 Å². The van der Waals surface area contributed by atoms with Crippen molar-refractivity contribution >= 4 is 104 Å². The molecule has 584 valence electrons. The summed E-state index contributed by atoms with van der Waals surface area (Å²) in [6.45, 7) is 20.9. The van der Waals surface area contributed by atoms with Gasteiger partial charge in [0.15, 0.2) is 6.79 Å². The molecule has 33 heteroatoms. The zero-order valence-corrected chi connectivity index (χ0v) is 70.6. The number of alkyl halides is 2. The summed E-state index contributed by atoms with van der Waals surface area (Å²) in [6, 6.07) is 43.5. The van der Waals surface area contributed by atoms with Crippen molar-refractivity contribution in [3.8, 4) is 0 Å². The minimum atomic E-state index is -0.947. The fourth-order valence-electron chi connectivity index (χ4n) is 7.84. The van der Waals surface area contributed by atoms with E-state index in [1.165, 1.54) is 0 Å². The Hall–Kier alpha value is -6.70. The van der Waals surface area contributed by atoms with Gasteiger partial charge < -0.3 is 89.9 Å². The normalized spacial score (nSPS) is 13.5. The van der Waals surface area contributed by atoms with Gasteiger partial charge in [-0.2, -0.15) is 0 Å². The Balaban J connectivity index is -0.000000594. The number of hydrogen-bond acceptors (Lipinski definition) is 27. The average Bonchev–Trinajstić information content (AvgIpc) is 1.73. The van der Waals surface area contributed by atoms with Crippen molar-refractivity contribution in [3.63, 3.8) is 0 Å². The van der Waals surface area contributed by atoms with Crippen molar-refractivity contribution in [1.29, 1.82) is 0 Å². The van der Waals surface area contributed by atoms with Crippen LogP contribution in [0.5, 0.6) is 0 Å². The molecule has 3 heterocycles. The Labute approximate surface area is 744 Å². The summed E-state index contributed by atoms with van der Waals surface area (Å²) < 4.78 is 44.7. The molecule has 0 aromatic heterocycles. The Morgan fingerprint density at radius 3 is 0.900 bits per heavy atom. The number of rotatable bonds is 28. The molecule has 3 atom stereocenters. The molecule has 3 fully saturated rings. The van der Waals surface area contributed by atoms with E-state index in [-0.39, 0.29) is 199 Å². The first-order valence-corrected chi connectivity index (χ1v) is 34.0. The Bertz CT molecular complexity index is 3550. The molecule has 3 aliphatic heterocycles. The van der Waals surface area contributed by atoms with Crippen LogP contribution < -0.4 is 108 Å². The van der Waals surface area contributed by atoms with Gasteiger partial charge in [-0.15, -0.1) is 0 Å². The molecule has 9 rings (SSSR count). The number of aliphatic hydroxyl groups is 6. The molecule has 0 bridgehead atoms. The predicted octanol–water partition coefficient (Wildman–Crippen LogP) is 3.60. The van der Waals surface area contributed by atoms with Crippen molar-refractivity contribution in [2.75, 3.05) is 44.8 Å². The maximum Gasteiger partial charge on any atom is 1.00 e. The predicted molar refractivity (Wildman–Crippen MR) is 398 cm³/mol. The van der Waals surface area contributed by atoms with Gasteiger partial charge in [0, 0.05) is 69.7 Å². The monoisotopic (exact) mass is 1730 g/mol. The number of halogens is 3. The standard InChI is InChI=1S/C16H16O5.2C13H14O4.2C9H10O3.C8H8O2.C4H5BrO2.C3H3ClO.CH3BrO.CH2O3.2K.H/c1-3-15(17)20-10-19-9-12-4-6-13(7-5-12)14-8-11(2)16(18)21-14;2*1-9-6-12(17-13(9)15)11-4-2-10(3-5-11)7-16-8-14;2*10-5-8-1-3-9(4-2-8)6-12-7-11;9-5-7-1-2-8(6-10)4-3-7;1-3(2-5)4(6)7;1-2-3(4)5;2-1-3;2-1-4-3;;;/h3-7,14H,1-2,8-10H2;2*2-5,12,14H,1,6-8H2;2*1-5,11H,6-7H2;1-5,10H,6H2;1-2H2,(H,6,7);2H,1H2;3H,1H2;1,3H;;;/q;;;;;;;;;;2*+1;-1/p-1. The topological polar surface area (TPSA) is 428 Å². The summed E-state index contributed by atoms with van der Waals surface area (Å²) in [4.78, 5) is 106. The van der Waals surface area contributed by atoms with Crippen LogP contribution in [0, 0.1) is 0 Å². The number of carboxylic acid groups (broad SMARTS) is 1. The van der Waals surface area contributed by atoms with Crippen molar-refractivity contribution in [2.24, 2.45) is 0 Å². The van der Waals surface area contributed by atoms with Crippen LogP contribution in [0.25, 0.3) is 0 Å². The Morgan fingerprint density at radius 2 is 0.727 bits per heavy atom. The zero-order chi connectivity index (χ0) is 81.0. The van der Waals surface area contributed by atoms with Crippen LogP contribution in [0.15, 0.2) is 220 Å². The minimum Gasteiger partial charge on any atom is -1.00 e. The number of aliphatic carboxylic acids is 1. The van der Waals surface area contributed by atoms with Gasteiger partial charge in [-0.1, -0.05) is 217 Å². The number of benzene rings is 6. The molecule has 6 aromatic rings. The number of carboxylic acids is 1. The van der Waals surface area contributed by atoms with Crippen molar-refractivity contribution in [2.45, 2.75) is 77.2 Å². The largest absolute Gasteiger partial charge is 1.00 e. The molecule has 0 saturated carbocycles. The van der Waals surface area contributed by atoms with Gasteiger partial charge in [0.05, 0.1) is 45.2 Å². The zero-order valence-electron chi connectivity index (χ0n) is 61.4. The molecule has 3 aliphatic rings. The van der Waals surface area contributed by atoms with Gasteiger partial charge in [0.2, 0.25) is 5.24 Å². The molecule has 0 aliphatic carbocycles. The third-order valence-electron chi connectivity index (χ3n) is 13.3. The molecule has 3 unspecified atom stereocenters. The van der Waals surface area contributed by atoms with Crippen molar-refractivity contribution in [1.82, 2.24) is 0 Å². The quantitative estimate of drug-likeness (QED) is 0.00315. The summed E-state index contributed by atoms with van der Waals surface area (Å²) in [5.74, 6) is -2.44. The number of ether oxygens (including phenoxy) is 9. The summed E-state index contributed by atoms with van der Waals surface area (Å²) >= 11 is 10.3. The van der Waals surface area contributed by atoms with Crippen LogP contribution in [0.1, 0.15) is 120 Å². The number of cyclic esters (lactones) is 3. The van der Waals surface area contributed by atoms with E-state index < -0.39 is 17.2 Å². The summed E-state index contributed by atoms with van der Waals surface area (Å²) in [5, 5.41) is 66.2. The van der Waals surface area contributed by atoms with E-state index in [0.717, 1.165) is 81.1 Å². The van der Waals surface area contributed by atoms with Gasteiger partial charge >= 0.3 is 133 Å². The van der Waals surface area contributed by atoms with Crippen LogP contribution in [-0.2, 0) is 121 Å². The van der Waals surface area contributed by atoms with E-state index >= 15 is 0 Å². The molecular formula is C77H85Br2ClK2O28. The van der Waals surface area contributed by atoms with E-state index in [2.05, 4.69) is 76.2 Å². The van der Waals surface area contributed by atoms with Crippen LogP contribution in [0.3, 0.4) is 0 Å². The fourth-order valence-corrected chi connectivity index (χ4v) is 8.08. The minimum absolute atomic E-state index is 0.